The first-order valence-corrected chi connectivity index (χ1v) is 7.31. The van der Waals surface area contributed by atoms with Gasteiger partial charge in [-0.15, -0.1) is 0 Å². The molecule has 1 heterocycles. The normalized spacial score (nSPS) is 34.5. The maximum atomic E-state index is 12.1. The number of hydrogen-bond acceptors (Lipinski definition) is 2. The Labute approximate surface area is 114 Å². The molecule has 0 aromatic carbocycles. The quantitative estimate of drug-likeness (QED) is 0.821. The number of carboxylic acid groups (broad SMARTS) is 1. The summed E-state index contributed by atoms with van der Waals surface area (Å²) in [5.41, 5.74) is 0. The second-order valence-electron chi connectivity index (χ2n) is 5.93. The predicted molar refractivity (Wildman–Crippen MR) is 71.8 cm³/mol. The van der Waals surface area contributed by atoms with E-state index in [9.17, 15) is 9.59 Å². The van der Waals surface area contributed by atoms with Crippen molar-refractivity contribution in [2.24, 2.45) is 17.8 Å². The Balaban J connectivity index is 1.84. The largest absolute Gasteiger partial charge is 0.481 e. The number of urea groups is 1. The van der Waals surface area contributed by atoms with E-state index in [1.54, 1.807) is 4.90 Å². The first-order chi connectivity index (χ1) is 9.02. The fraction of sp³-hybridized carbons (Fsp3) is 0.857. The van der Waals surface area contributed by atoms with Crippen molar-refractivity contribution in [3.05, 3.63) is 0 Å². The average Bonchev–Trinajstić information content (AvgIpc) is 2.97. The third-order valence-electron chi connectivity index (χ3n) is 4.88. The molecule has 0 spiro atoms. The van der Waals surface area contributed by atoms with Gasteiger partial charge in [-0.05, 0) is 31.1 Å². The predicted octanol–water partition coefficient (Wildman–Crippen LogP) is 1.93. The molecule has 4 atom stereocenters. The van der Waals surface area contributed by atoms with Crippen LogP contribution in [0.15, 0.2) is 0 Å². The summed E-state index contributed by atoms with van der Waals surface area (Å²) in [6, 6.07) is 0.165. The van der Waals surface area contributed by atoms with Crippen molar-refractivity contribution in [3.8, 4) is 0 Å². The van der Waals surface area contributed by atoms with Crippen LogP contribution in [0.1, 0.15) is 39.5 Å². The Morgan fingerprint density at radius 2 is 2.05 bits per heavy atom. The van der Waals surface area contributed by atoms with Crippen LogP contribution >= 0.6 is 0 Å². The van der Waals surface area contributed by atoms with E-state index < -0.39 is 11.9 Å². The lowest BCUT2D eigenvalue weighted by Crippen LogP contribution is -2.45. The Bertz CT molecular complexity index is 359. The molecule has 2 aliphatic rings. The van der Waals surface area contributed by atoms with Crippen molar-refractivity contribution in [2.75, 3.05) is 13.1 Å². The Hall–Kier alpha value is -1.26. The number of amides is 2. The van der Waals surface area contributed by atoms with Gasteiger partial charge in [0.25, 0.3) is 0 Å². The monoisotopic (exact) mass is 268 g/mol. The van der Waals surface area contributed by atoms with E-state index in [0.717, 1.165) is 6.42 Å². The summed E-state index contributed by atoms with van der Waals surface area (Å²) in [6.07, 6.45) is 3.96. The maximum absolute atomic E-state index is 12.1. The molecule has 0 bridgehead atoms. The van der Waals surface area contributed by atoms with Crippen LogP contribution in [0, 0.1) is 17.8 Å². The molecule has 0 radical (unpaired) electrons. The minimum atomic E-state index is -0.796. The van der Waals surface area contributed by atoms with Gasteiger partial charge in [0.05, 0.1) is 5.92 Å². The molecule has 19 heavy (non-hydrogen) atoms. The summed E-state index contributed by atoms with van der Waals surface area (Å²) in [5, 5.41) is 12.0. The first-order valence-electron chi connectivity index (χ1n) is 7.31. The first kappa shape index (κ1) is 14.2. The van der Waals surface area contributed by atoms with Gasteiger partial charge in [0.1, 0.15) is 0 Å². The number of likely N-dealkylation sites (tertiary alicyclic amines) is 1. The number of carbonyl (C=O) groups is 2. The Kier molecular flexibility index (Phi) is 4.32. The molecule has 4 unspecified atom stereocenters. The minimum absolute atomic E-state index is 0.0858. The molecule has 108 valence electrons. The molecule has 1 aliphatic heterocycles. The van der Waals surface area contributed by atoms with E-state index in [1.165, 1.54) is 12.8 Å². The van der Waals surface area contributed by atoms with Gasteiger partial charge >= 0.3 is 12.0 Å². The molecule has 5 nitrogen and oxygen atoms in total. The zero-order valence-electron chi connectivity index (χ0n) is 11.8. The van der Waals surface area contributed by atoms with Crippen molar-refractivity contribution in [3.63, 3.8) is 0 Å². The maximum Gasteiger partial charge on any atom is 0.317 e. The molecule has 1 saturated heterocycles. The van der Waals surface area contributed by atoms with Crippen molar-refractivity contribution in [2.45, 2.75) is 45.6 Å². The number of carbonyl (C=O) groups excluding carboxylic acids is 1. The van der Waals surface area contributed by atoms with E-state index in [2.05, 4.69) is 19.2 Å². The second kappa shape index (κ2) is 5.80. The number of carboxylic acids is 1. The molecular weight excluding hydrogens is 244 g/mol. The van der Waals surface area contributed by atoms with Crippen molar-refractivity contribution in [1.29, 1.82) is 0 Å². The highest BCUT2D eigenvalue weighted by atomic mass is 16.4. The van der Waals surface area contributed by atoms with Crippen LogP contribution in [-0.2, 0) is 4.79 Å². The van der Waals surface area contributed by atoms with E-state index in [0.29, 0.717) is 31.3 Å². The molecule has 0 aromatic rings. The van der Waals surface area contributed by atoms with E-state index in [-0.39, 0.29) is 12.1 Å². The highest BCUT2D eigenvalue weighted by Crippen LogP contribution is 2.34. The fourth-order valence-electron chi connectivity index (χ4n) is 3.42. The molecule has 2 rings (SSSR count). The molecule has 0 aromatic heterocycles. The van der Waals surface area contributed by atoms with Crippen LogP contribution in [0.3, 0.4) is 0 Å². The minimum Gasteiger partial charge on any atom is -0.481 e. The van der Waals surface area contributed by atoms with Gasteiger partial charge < -0.3 is 15.3 Å². The summed E-state index contributed by atoms with van der Waals surface area (Å²) in [5.74, 6) is 0.0354. The summed E-state index contributed by atoms with van der Waals surface area (Å²) in [7, 11) is 0. The van der Waals surface area contributed by atoms with Gasteiger partial charge in [0.2, 0.25) is 0 Å². The van der Waals surface area contributed by atoms with Crippen LogP contribution in [0.5, 0.6) is 0 Å². The zero-order chi connectivity index (χ0) is 14.0. The van der Waals surface area contributed by atoms with Gasteiger partial charge in [-0.1, -0.05) is 20.3 Å². The summed E-state index contributed by atoms with van der Waals surface area (Å²) in [4.78, 5) is 24.7. The fourth-order valence-corrected chi connectivity index (χ4v) is 3.42. The van der Waals surface area contributed by atoms with Crippen LogP contribution in [0.2, 0.25) is 0 Å². The smallest absolute Gasteiger partial charge is 0.317 e. The second-order valence-corrected chi connectivity index (χ2v) is 5.93. The SMILES string of the molecule is CCC1CCC(NC(=O)N2CCC(C(=O)O)C2)C1C. The number of rotatable bonds is 3. The standard InChI is InChI=1S/C14H24N2O3/c1-3-10-4-5-12(9(10)2)15-14(19)16-7-6-11(8-16)13(17)18/h9-12H,3-8H2,1-2H3,(H,15,19)(H,17,18). The third-order valence-corrected chi connectivity index (χ3v) is 4.88. The lowest BCUT2D eigenvalue weighted by molar-refractivity contribution is -0.141. The number of aliphatic carboxylic acids is 1. The van der Waals surface area contributed by atoms with Gasteiger partial charge in [-0.25, -0.2) is 4.79 Å². The third kappa shape index (κ3) is 3.01. The lowest BCUT2D eigenvalue weighted by Gasteiger charge is -2.24. The van der Waals surface area contributed by atoms with Gasteiger partial charge in [0, 0.05) is 19.1 Å². The highest BCUT2D eigenvalue weighted by molar-refractivity contribution is 5.77. The van der Waals surface area contributed by atoms with Crippen LogP contribution in [0.25, 0.3) is 0 Å². The average molecular weight is 268 g/mol. The topological polar surface area (TPSA) is 69.6 Å². The van der Waals surface area contributed by atoms with Crippen molar-refractivity contribution in [1.82, 2.24) is 10.2 Å². The number of nitrogens with zero attached hydrogens (tertiary/aromatic N) is 1. The lowest BCUT2D eigenvalue weighted by atomic mass is 9.93. The van der Waals surface area contributed by atoms with E-state index in [1.807, 2.05) is 0 Å². The van der Waals surface area contributed by atoms with Crippen molar-refractivity contribution >= 4 is 12.0 Å². The summed E-state index contributed by atoms with van der Waals surface area (Å²) in [6.45, 7) is 5.31. The summed E-state index contributed by atoms with van der Waals surface area (Å²) >= 11 is 0. The molecule has 5 heteroatoms. The van der Waals surface area contributed by atoms with Crippen LogP contribution in [0.4, 0.5) is 4.79 Å². The molecule has 2 N–H and O–H groups in total. The highest BCUT2D eigenvalue weighted by Gasteiger charge is 2.35. The molecule has 2 fully saturated rings. The van der Waals surface area contributed by atoms with Gasteiger partial charge in [-0.2, -0.15) is 0 Å². The molecule has 2 amide bonds. The zero-order valence-corrected chi connectivity index (χ0v) is 11.8. The Morgan fingerprint density at radius 1 is 1.32 bits per heavy atom. The number of hydrogen-bond donors (Lipinski definition) is 2. The molecule has 1 aliphatic carbocycles. The van der Waals surface area contributed by atoms with Gasteiger partial charge in [-0.3, -0.25) is 4.79 Å². The van der Waals surface area contributed by atoms with Crippen molar-refractivity contribution < 1.29 is 14.7 Å². The number of nitrogens with one attached hydrogen (secondary N) is 1. The van der Waals surface area contributed by atoms with Crippen LogP contribution < -0.4 is 5.32 Å². The van der Waals surface area contributed by atoms with E-state index >= 15 is 0 Å². The van der Waals surface area contributed by atoms with Gasteiger partial charge in [0.15, 0.2) is 0 Å². The van der Waals surface area contributed by atoms with E-state index in [4.69, 9.17) is 5.11 Å². The van der Waals surface area contributed by atoms with Crippen LogP contribution in [-0.4, -0.2) is 41.1 Å². The Morgan fingerprint density at radius 3 is 2.58 bits per heavy atom. The molecule has 1 saturated carbocycles. The molecular formula is C14H24N2O3. The summed E-state index contributed by atoms with van der Waals surface area (Å²) < 4.78 is 0.